The summed E-state index contributed by atoms with van der Waals surface area (Å²) in [5, 5.41) is 0. The topological polar surface area (TPSA) is 0 Å². The molecule has 0 atom stereocenters. The molecule has 2 aromatic carbocycles. The zero-order chi connectivity index (χ0) is 12.6. The molecule has 0 heterocycles. The Morgan fingerprint density at radius 2 is 1.50 bits per heavy atom. The van der Waals surface area contributed by atoms with E-state index in [1.807, 2.05) is 60.7 Å². The third kappa shape index (κ3) is 3.23. The Kier molecular flexibility index (Phi) is 4.16. The van der Waals surface area contributed by atoms with Gasteiger partial charge in [0.25, 0.3) is 0 Å². The van der Waals surface area contributed by atoms with Crippen molar-refractivity contribution in [2.24, 2.45) is 0 Å². The van der Waals surface area contributed by atoms with Crippen molar-refractivity contribution in [3.63, 3.8) is 0 Å². The summed E-state index contributed by atoms with van der Waals surface area (Å²) in [5.74, 6) is 6.17. The van der Waals surface area contributed by atoms with Gasteiger partial charge >= 0.3 is 0 Å². The summed E-state index contributed by atoms with van der Waals surface area (Å²) in [6.45, 7) is 3.83. The number of rotatable bonds is 2. The molecule has 0 amide bonds. The van der Waals surface area contributed by atoms with Crippen molar-refractivity contribution in [1.82, 2.24) is 0 Å². The summed E-state index contributed by atoms with van der Waals surface area (Å²) in [6, 6.07) is 20.1. The van der Waals surface area contributed by atoms with Crippen LogP contribution in [0.3, 0.4) is 0 Å². The maximum absolute atomic E-state index is 3.83. The van der Waals surface area contributed by atoms with Crippen molar-refractivity contribution < 1.29 is 0 Å². The van der Waals surface area contributed by atoms with Crippen molar-refractivity contribution in [2.45, 2.75) is 0 Å². The van der Waals surface area contributed by atoms with E-state index in [1.54, 1.807) is 0 Å². The van der Waals surface area contributed by atoms with Crippen LogP contribution in [0, 0.1) is 11.8 Å². The molecular weight excluding hydrogens is 216 g/mol. The molecule has 0 spiro atoms. The van der Waals surface area contributed by atoms with E-state index in [4.69, 9.17) is 0 Å². The molecule has 0 heteroatoms. The van der Waals surface area contributed by atoms with Crippen molar-refractivity contribution >= 4 is 5.57 Å². The molecule has 0 aromatic heterocycles. The van der Waals surface area contributed by atoms with Crippen molar-refractivity contribution in [3.8, 4) is 11.8 Å². The second-order valence-electron chi connectivity index (χ2n) is 3.81. The Hall–Kier alpha value is -2.52. The van der Waals surface area contributed by atoms with Crippen LogP contribution in [0.5, 0.6) is 0 Å². The van der Waals surface area contributed by atoms with E-state index in [0.717, 1.165) is 16.7 Å². The van der Waals surface area contributed by atoms with Gasteiger partial charge in [-0.2, -0.15) is 0 Å². The van der Waals surface area contributed by atoms with E-state index in [-0.39, 0.29) is 0 Å². The number of hydrogen-bond acceptors (Lipinski definition) is 0. The van der Waals surface area contributed by atoms with Crippen LogP contribution >= 0.6 is 0 Å². The Morgan fingerprint density at radius 3 is 2.11 bits per heavy atom. The van der Waals surface area contributed by atoms with Crippen LogP contribution in [0.2, 0.25) is 0 Å². The lowest BCUT2D eigenvalue weighted by atomic mass is 10.1. The largest absolute Gasteiger partial charge is 0.0984 e. The predicted octanol–water partition coefficient (Wildman–Crippen LogP) is 4.31. The predicted molar refractivity (Wildman–Crippen MR) is 77.9 cm³/mol. The van der Waals surface area contributed by atoms with E-state index in [0.29, 0.717) is 0 Å². The molecule has 86 valence electrons. The monoisotopic (exact) mass is 230 g/mol. The standard InChI is InChI=1S/C18H14/c1-2-17(18-13-7-4-8-14-18)15-9-12-16-10-5-3-6-11-16/h2-8,10-11,13-15H,1H2/b17-15-. The smallest absolute Gasteiger partial charge is 0.0248 e. The lowest BCUT2D eigenvalue weighted by Crippen LogP contribution is -1.78. The van der Waals surface area contributed by atoms with E-state index in [2.05, 4.69) is 30.6 Å². The van der Waals surface area contributed by atoms with Crippen LogP contribution in [0.15, 0.2) is 79.4 Å². The highest BCUT2D eigenvalue weighted by molar-refractivity contribution is 5.75. The first-order valence-electron chi connectivity index (χ1n) is 5.85. The van der Waals surface area contributed by atoms with Gasteiger partial charge in [-0.1, -0.05) is 73.0 Å². The molecule has 0 aliphatic heterocycles. The fourth-order valence-corrected chi connectivity index (χ4v) is 1.61. The van der Waals surface area contributed by atoms with Crippen molar-refractivity contribution in [1.29, 1.82) is 0 Å². The van der Waals surface area contributed by atoms with Gasteiger partial charge < -0.3 is 0 Å². The summed E-state index contributed by atoms with van der Waals surface area (Å²) in [7, 11) is 0. The molecule has 18 heavy (non-hydrogen) atoms. The molecule has 0 unspecified atom stereocenters. The lowest BCUT2D eigenvalue weighted by molar-refractivity contribution is 1.62. The Morgan fingerprint density at radius 1 is 0.889 bits per heavy atom. The minimum atomic E-state index is 1.02. The summed E-state index contributed by atoms with van der Waals surface area (Å²) in [4.78, 5) is 0. The zero-order valence-corrected chi connectivity index (χ0v) is 10.1. The van der Waals surface area contributed by atoms with Crippen LogP contribution in [-0.4, -0.2) is 0 Å². The minimum absolute atomic E-state index is 1.02. The van der Waals surface area contributed by atoms with E-state index in [1.165, 1.54) is 0 Å². The highest BCUT2D eigenvalue weighted by Gasteiger charge is 1.93. The van der Waals surface area contributed by atoms with Crippen LogP contribution in [0.1, 0.15) is 11.1 Å². The van der Waals surface area contributed by atoms with Gasteiger partial charge in [-0.15, -0.1) is 0 Å². The van der Waals surface area contributed by atoms with Gasteiger partial charge in [0.2, 0.25) is 0 Å². The fraction of sp³-hybridized carbons (Fsp3) is 0. The number of hydrogen-bond donors (Lipinski definition) is 0. The van der Waals surface area contributed by atoms with Gasteiger partial charge in [0.1, 0.15) is 0 Å². The van der Waals surface area contributed by atoms with Gasteiger partial charge in [0.05, 0.1) is 0 Å². The molecule has 0 saturated carbocycles. The van der Waals surface area contributed by atoms with Crippen LogP contribution in [-0.2, 0) is 0 Å². The summed E-state index contributed by atoms with van der Waals surface area (Å²) < 4.78 is 0. The molecule has 0 fully saturated rings. The zero-order valence-electron chi connectivity index (χ0n) is 10.1. The van der Waals surface area contributed by atoms with E-state index < -0.39 is 0 Å². The summed E-state index contributed by atoms with van der Waals surface area (Å²) >= 11 is 0. The lowest BCUT2D eigenvalue weighted by Gasteiger charge is -1.98. The van der Waals surface area contributed by atoms with Gasteiger partial charge in [0.15, 0.2) is 0 Å². The Labute approximate surface area is 108 Å². The van der Waals surface area contributed by atoms with Gasteiger partial charge in [-0.3, -0.25) is 0 Å². The van der Waals surface area contributed by atoms with E-state index >= 15 is 0 Å². The molecule has 0 saturated heterocycles. The molecule has 2 rings (SSSR count). The average molecular weight is 230 g/mol. The van der Waals surface area contributed by atoms with E-state index in [9.17, 15) is 0 Å². The average Bonchev–Trinajstić information content (AvgIpc) is 2.46. The quantitative estimate of drug-likeness (QED) is 0.533. The van der Waals surface area contributed by atoms with Gasteiger partial charge in [0, 0.05) is 5.56 Å². The van der Waals surface area contributed by atoms with Gasteiger partial charge in [-0.25, -0.2) is 0 Å². The summed E-state index contributed by atoms with van der Waals surface area (Å²) in [5.41, 5.74) is 3.19. The second-order valence-corrected chi connectivity index (χ2v) is 3.81. The number of allylic oxidation sites excluding steroid dienone is 3. The Balaban J connectivity index is 2.23. The highest BCUT2D eigenvalue weighted by atomic mass is 14.0. The van der Waals surface area contributed by atoms with Gasteiger partial charge in [-0.05, 0) is 29.3 Å². The van der Waals surface area contributed by atoms with Crippen LogP contribution in [0.25, 0.3) is 5.57 Å². The first-order chi connectivity index (χ1) is 8.90. The molecular formula is C18H14. The molecule has 0 radical (unpaired) electrons. The first-order valence-corrected chi connectivity index (χ1v) is 5.85. The molecule has 0 aliphatic carbocycles. The second kappa shape index (κ2) is 6.27. The molecule has 0 nitrogen and oxygen atoms in total. The molecule has 0 N–H and O–H groups in total. The van der Waals surface area contributed by atoms with Crippen molar-refractivity contribution in [2.75, 3.05) is 0 Å². The Bertz CT molecular complexity index is 593. The minimum Gasteiger partial charge on any atom is -0.0984 e. The van der Waals surface area contributed by atoms with Crippen LogP contribution < -0.4 is 0 Å². The molecule has 0 bridgehead atoms. The maximum atomic E-state index is 3.83. The molecule has 0 aliphatic rings. The normalized spacial score (nSPS) is 10.3. The number of benzene rings is 2. The molecule has 2 aromatic rings. The van der Waals surface area contributed by atoms with Crippen LogP contribution in [0.4, 0.5) is 0 Å². The first kappa shape index (κ1) is 12.0. The summed E-state index contributed by atoms with van der Waals surface area (Å²) in [6.07, 6.45) is 3.73. The fourth-order valence-electron chi connectivity index (χ4n) is 1.61. The highest BCUT2D eigenvalue weighted by Crippen LogP contribution is 2.13. The SMILES string of the molecule is C=C/C(=C/C#Cc1ccccc1)c1ccccc1. The van der Waals surface area contributed by atoms with Crippen molar-refractivity contribution in [3.05, 3.63) is 90.5 Å². The third-order valence-electron chi connectivity index (χ3n) is 2.55. The maximum Gasteiger partial charge on any atom is 0.0248 e. The third-order valence-corrected chi connectivity index (χ3v) is 2.55.